The second kappa shape index (κ2) is 7.40. The Morgan fingerprint density at radius 2 is 1.96 bits per heavy atom. The summed E-state index contributed by atoms with van der Waals surface area (Å²) in [5, 5.41) is 11.5. The first-order chi connectivity index (χ1) is 11.7. The van der Waals surface area contributed by atoms with Gasteiger partial charge in [-0.15, -0.1) is 0 Å². The number of benzene rings is 2. The number of nitrogens with one attached hydrogen (secondary N) is 1. The van der Waals surface area contributed by atoms with Crippen LogP contribution in [0.15, 0.2) is 36.4 Å². The molecule has 0 radical (unpaired) electrons. The monoisotopic (exact) mass is 372 g/mol. The van der Waals surface area contributed by atoms with E-state index in [2.05, 4.69) is 10.1 Å². The lowest BCUT2D eigenvalue weighted by Gasteiger charge is -2.12. The second-order valence-corrected chi connectivity index (χ2v) is 5.24. The molecule has 0 unspecified atom stereocenters. The van der Waals surface area contributed by atoms with Crippen molar-refractivity contribution < 1.29 is 27.1 Å². The second-order valence-electron chi connectivity index (χ2n) is 4.80. The number of carbonyl (C=O) groups is 1. The van der Waals surface area contributed by atoms with Crippen molar-refractivity contribution in [2.75, 3.05) is 11.9 Å². The van der Waals surface area contributed by atoms with Gasteiger partial charge in [-0.1, -0.05) is 11.6 Å². The van der Waals surface area contributed by atoms with Crippen LogP contribution in [0.4, 0.5) is 23.2 Å². The predicted molar refractivity (Wildman–Crippen MR) is 82.1 cm³/mol. The molecule has 2 aromatic carbocycles. The summed E-state index contributed by atoms with van der Waals surface area (Å²) in [7, 11) is 0. The molecule has 2 aromatic rings. The normalized spacial score (nSPS) is 10.9. The molecule has 130 valence electrons. The topological polar surface area (TPSA) is 62.1 Å². The summed E-state index contributed by atoms with van der Waals surface area (Å²) in [5.74, 6) is -1.91. The quantitative estimate of drug-likeness (QED) is 0.801. The number of hydrogen-bond donors (Lipinski definition) is 1. The maximum atomic E-state index is 13.6. The van der Waals surface area contributed by atoms with Crippen LogP contribution in [0.5, 0.6) is 5.75 Å². The molecule has 0 spiro atoms. The van der Waals surface area contributed by atoms with Crippen LogP contribution in [0.2, 0.25) is 5.02 Å². The van der Waals surface area contributed by atoms with Gasteiger partial charge in [0.1, 0.15) is 17.6 Å². The number of nitrogens with zero attached hydrogens (tertiary/aromatic N) is 1. The lowest BCUT2D eigenvalue weighted by molar-refractivity contribution is -0.153. The first kappa shape index (κ1) is 18.5. The smallest absolute Gasteiger partial charge is 0.422 e. The fourth-order valence-electron chi connectivity index (χ4n) is 1.85. The predicted octanol–water partition coefficient (Wildman–Crippen LogP) is 4.54. The molecule has 0 atom stereocenters. The highest BCUT2D eigenvalue weighted by Gasteiger charge is 2.29. The number of halogens is 5. The molecule has 0 heterocycles. The van der Waals surface area contributed by atoms with Crippen molar-refractivity contribution in [3.05, 3.63) is 58.4 Å². The summed E-state index contributed by atoms with van der Waals surface area (Å²) in [6.07, 6.45) is -4.55. The number of anilines is 1. The third kappa shape index (κ3) is 5.09. The van der Waals surface area contributed by atoms with Crippen molar-refractivity contribution in [1.82, 2.24) is 0 Å². The third-order valence-electron chi connectivity index (χ3n) is 2.92. The van der Waals surface area contributed by atoms with Gasteiger partial charge in [-0.05, 0) is 36.4 Å². The molecular formula is C16H9ClF4N2O2. The van der Waals surface area contributed by atoms with Crippen LogP contribution in [0, 0.1) is 17.1 Å². The minimum atomic E-state index is -4.55. The summed E-state index contributed by atoms with van der Waals surface area (Å²) < 4.78 is 54.7. The zero-order valence-corrected chi connectivity index (χ0v) is 13.1. The maximum Gasteiger partial charge on any atom is 0.422 e. The van der Waals surface area contributed by atoms with E-state index in [1.807, 2.05) is 0 Å². The van der Waals surface area contributed by atoms with Gasteiger partial charge in [0.2, 0.25) is 0 Å². The van der Waals surface area contributed by atoms with E-state index in [0.717, 1.165) is 24.3 Å². The van der Waals surface area contributed by atoms with E-state index < -0.39 is 24.5 Å². The molecule has 0 aliphatic rings. The van der Waals surface area contributed by atoms with E-state index in [1.54, 1.807) is 6.07 Å². The van der Waals surface area contributed by atoms with Crippen molar-refractivity contribution in [2.24, 2.45) is 0 Å². The van der Waals surface area contributed by atoms with E-state index in [-0.39, 0.29) is 27.6 Å². The van der Waals surface area contributed by atoms with E-state index >= 15 is 0 Å². The Bertz CT molecular complexity index is 847. The zero-order chi connectivity index (χ0) is 18.6. The first-order valence-corrected chi connectivity index (χ1v) is 7.07. The molecule has 0 saturated carbocycles. The van der Waals surface area contributed by atoms with Gasteiger partial charge in [-0.3, -0.25) is 4.79 Å². The Kier molecular flexibility index (Phi) is 5.49. The maximum absolute atomic E-state index is 13.6. The largest absolute Gasteiger partial charge is 0.483 e. The molecule has 1 amide bonds. The Labute approximate surface area is 144 Å². The minimum absolute atomic E-state index is 0.0836. The molecule has 1 N–H and O–H groups in total. The summed E-state index contributed by atoms with van der Waals surface area (Å²) in [6.45, 7) is -1.55. The number of rotatable bonds is 4. The fraction of sp³-hybridized carbons (Fsp3) is 0.125. The van der Waals surface area contributed by atoms with Crippen LogP contribution < -0.4 is 10.1 Å². The third-order valence-corrected chi connectivity index (χ3v) is 3.16. The highest BCUT2D eigenvalue weighted by Crippen LogP contribution is 2.25. The van der Waals surface area contributed by atoms with E-state index in [4.69, 9.17) is 16.9 Å². The average Bonchev–Trinajstić information content (AvgIpc) is 2.54. The molecule has 0 aliphatic heterocycles. The minimum Gasteiger partial charge on any atom is -0.483 e. The molecule has 2 rings (SSSR count). The fourth-order valence-corrected chi connectivity index (χ4v) is 2.02. The van der Waals surface area contributed by atoms with Crippen LogP contribution in [-0.2, 0) is 0 Å². The van der Waals surface area contributed by atoms with Crippen LogP contribution in [0.3, 0.4) is 0 Å². The molecular weight excluding hydrogens is 364 g/mol. The van der Waals surface area contributed by atoms with Crippen molar-refractivity contribution in [1.29, 1.82) is 5.26 Å². The number of hydrogen-bond acceptors (Lipinski definition) is 3. The Hall–Kier alpha value is -2.79. The molecule has 0 aromatic heterocycles. The van der Waals surface area contributed by atoms with Gasteiger partial charge in [0.15, 0.2) is 6.61 Å². The summed E-state index contributed by atoms with van der Waals surface area (Å²) in [6, 6.07) is 8.53. The van der Waals surface area contributed by atoms with Crippen LogP contribution in [0.25, 0.3) is 0 Å². The van der Waals surface area contributed by atoms with Crippen molar-refractivity contribution in [3.63, 3.8) is 0 Å². The zero-order valence-electron chi connectivity index (χ0n) is 12.3. The first-order valence-electron chi connectivity index (χ1n) is 6.70. The number of alkyl halides is 3. The van der Waals surface area contributed by atoms with Gasteiger partial charge in [0.25, 0.3) is 5.91 Å². The molecule has 9 heteroatoms. The van der Waals surface area contributed by atoms with Gasteiger partial charge in [-0.2, -0.15) is 18.4 Å². The summed E-state index contributed by atoms with van der Waals surface area (Å²) in [4.78, 5) is 12.1. The van der Waals surface area contributed by atoms with Crippen molar-refractivity contribution in [2.45, 2.75) is 6.18 Å². The molecule has 0 bridgehead atoms. The van der Waals surface area contributed by atoms with Crippen molar-refractivity contribution in [3.8, 4) is 11.8 Å². The number of ether oxygens (including phenoxy) is 1. The van der Waals surface area contributed by atoms with Gasteiger partial charge < -0.3 is 10.1 Å². The lowest BCUT2D eigenvalue weighted by Crippen LogP contribution is -2.19. The lowest BCUT2D eigenvalue weighted by atomic mass is 10.1. The van der Waals surface area contributed by atoms with Crippen LogP contribution in [0.1, 0.15) is 15.9 Å². The summed E-state index contributed by atoms with van der Waals surface area (Å²) >= 11 is 5.71. The Balaban J connectivity index is 2.19. The van der Waals surface area contributed by atoms with Gasteiger partial charge >= 0.3 is 6.18 Å². The van der Waals surface area contributed by atoms with Crippen LogP contribution >= 0.6 is 11.6 Å². The summed E-state index contributed by atoms with van der Waals surface area (Å²) in [5.41, 5.74) is -0.447. The van der Waals surface area contributed by atoms with E-state index in [0.29, 0.717) is 0 Å². The molecule has 25 heavy (non-hydrogen) atoms. The molecule has 0 saturated heterocycles. The standard InChI is InChI=1S/C16H9ClF4N2O2/c17-10-1-3-13(18)12(6-10)15(24)23-11-2-4-14(9(5-11)7-22)25-8-16(19,20)21/h1-6H,8H2,(H,23,24). The average molecular weight is 373 g/mol. The number of carbonyl (C=O) groups excluding carboxylic acids is 1. The Morgan fingerprint density at radius 1 is 1.24 bits per heavy atom. The van der Waals surface area contributed by atoms with Gasteiger partial charge in [-0.25, -0.2) is 4.39 Å². The Morgan fingerprint density at radius 3 is 2.60 bits per heavy atom. The number of nitriles is 1. The van der Waals surface area contributed by atoms with Crippen molar-refractivity contribution >= 4 is 23.2 Å². The molecule has 4 nitrogen and oxygen atoms in total. The molecule has 0 aliphatic carbocycles. The number of amides is 1. The van der Waals surface area contributed by atoms with Crippen LogP contribution in [-0.4, -0.2) is 18.7 Å². The van der Waals surface area contributed by atoms with Gasteiger partial charge in [0, 0.05) is 10.7 Å². The highest BCUT2D eigenvalue weighted by atomic mass is 35.5. The van der Waals surface area contributed by atoms with E-state index in [9.17, 15) is 22.4 Å². The van der Waals surface area contributed by atoms with E-state index in [1.165, 1.54) is 12.1 Å². The SMILES string of the molecule is N#Cc1cc(NC(=O)c2cc(Cl)ccc2F)ccc1OCC(F)(F)F. The van der Waals surface area contributed by atoms with Gasteiger partial charge in [0.05, 0.1) is 11.1 Å². The highest BCUT2D eigenvalue weighted by molar-refractivity contribution is 6.31. The molecule has 0 fully saturated rings.